The van der Waals surface area contributed by atoms with Crippen LogP contribution < -0.4 is 10.5 Å². The predicted molar refractivity (Wildman–Crippen MR) is 97.4 cm³/mol. The lowest BCUT2D eigenvalue weighted by atomic mass is 10.1. The van der Waals surface area contributed by atoms with Crippen LogP contribution in [-0.4, -0.2) is 37.5 Å². The van der Waals surface area contributed by atoms with Crippen LogP contribution in [-0.2, 0) is 36.9 Å². The van der Waals surface area contributed by atoms with Crippen molar-refractivity contribution in [3.63, 3.8) is 0 Å². The molecule has 0 aliphatic carbocycles. The summed E-state index contributed by atoms with van der Waals surface area (Å²) in [6.45, 7) is 0. The number of aliphatic hydroxyl groups is 1. The van der Waals surface area contributed by atoms with Crippen molar-refractivity contribution in [3.05, 3.63) is 71.8 Å². The van der Waals surface area contributed by atoms with E-state index in [0.717, 1.165) is 0 Å². The molecule has 0 aromatic heterocycles. The largest absolute Gasteiger partial charge is 0.383 e. The van der Waals surface area contributed by atoms with Gasteiger partial charge in [0.25, 0.3) is 5.91 Å². The van der Waals surface area contributed by atoms with E-state index < -0.39 is 34.3 Å². The molecule has 0 aliphatic rings. The Morgan fingerprint density at radius 2 is 1.44 bits per heavy atom. The summed E-state index contributed by atoms with van der Waals surface area (Å²) in [5, 5.41) is 9.89. The lowest BCUT2D eigenvalue weighted by Gasteiger charge is -2.16. The van der Waals surface area contributed by atoms with E-state index in [1.165, 1.54) is 0 Å². The first-order valence-electron chi connectivity index (χ1n) is 8.07. The van der Waals surface area contributed by atoms with Gasteiger partial charge >= 0.3 is 10.3 Å². The molecule has 2 rings (SSSR count). The Balaban J connectivity index is 1.98. The maximum atomic E-state index is 12.0. The molecule has 2 amide bonds. The molecule has 8 nitrogen and oxygen atoms in total. The first kappa shape index (κ1) is 20.6. The van der Waals surface area contributed by atoms with Gasteiger partial charge in [0.1, 0.15) is 6.10 Å². The number of rotatable bonds is 9. The van der Waals surface area contributed by atoms with E-state index in [4.69, 9.17) is 9.92 Å². The molecule has 2 atom stereocenters. The lowest BCUT2D eigenvalue weighted by molar-refractivity contribution is -0.128. The van der Waals surface area contributed by atoms with Gasteiger partial charge in [0.15, 0.2) is 6.10 Å². The Morgan fingerprint density at radius 3 is 1.93 bits per heavy atom. The summed E-state index contributed by atoms with van der Waals surface area (Å²) in [4.78, 5) is 23.4. The summed E-state index contributed by atoms with van der Waals surface area (Å²) in [6, 6.07) is 17.1. The molecular formula is C18H20N2O6S. The monoisotopic (exact) mass is 392 g/mol. The van der Waals surface area contributed by atoms with Crippen molar-refractivity contribution in [2.45, 2.75) is 25.0 Å². The number of nitrogens with one attached hydrogen (secondary N) is 1. The average molecular weight is 392 g/mol. The van der Waals surface area contributed by atoms with Crippen LogP contribution >= 0.6 is 0 Å². The molecule has 9 heteroatoms. The van der Waals surface area contributed by atoms with Crippen molar-refractivity contribution in [1.29, 1.82) is 0 Å². The molecule has 0 saturated carbocycles. The quantitative estimate of drug-likeness (QED) is 0.552. The SMILES string of the molecule is NC(=O)[C@H](Cc1ccccc1)OS(=O)(=O)NC(=O)[C@@H](O)Cc1ccccc1. The molecule has 0 aliphatic heterocycles. The Hall–Kier alpha value is -2.75. The van der Waals surface area contributed by atoms with Crippen LogP contribution in [0.2, 0.25) is 0 Å². The molecule has 144 valence electrons. The number of hydrogen-bond acceptors (Lipinski definition) is 6. The maximum absolute atomic E-state index is 12.0. The molecule has 27 heavy (non-hydrogen) atoms. The van der Waals surface area contributed by atoms with Crippen LogP contribution in [0.1, 0.15) is 11.1 Å². The van der Waals surface area contributed by atoms with Gasteiger partial charge in [0, 0.05) is 12.8 Å². The number of amides is 2. The van der Waals surface area contributed by atoms with Gasteiger partial charge in [-0.2, -0.15) is 8.42 Å². The highest BCUT2D eigenvalue weighted by Crippen LogP contribution is 2.09. The molecular weight excluding hydrogens is 372 g/mol. The molecule has 2 aromatic rings. The average Bonchev–Trinajstić information content (AvgIpc) is 2.62. The van der Waals surface area contributed by atoms with Crippen molar-refractivity contribution in [1.82, 2.24) is 4.72 Å². The summed E-state index contributed by atoms with van der Waals surface area (Å²) in [5.41, 5.74) is 6.48. The Labute approximate surface area is 157 Å². The number of carbonyl (C=O) groups excluding carboxylic acids is 2. The number of hydrogen-bond donors (Lipinski definition) is 3. The van der Waals surface area contributed by atoms with E-state index >= 15 is 0 Å². The molecule has 0 saturated heterocycles. The fourth-order valence-corrected chi connectivity index (χ4v) is 3.21. The van der Waals surface area contributed by atoms with Gasteiger partial charge in [0.05, 0.1) is 0 Å². The first-order chi connectivity index (χ1) is 12.8. The minimum atomic E-state index is -4.64. The summed E-state index contributed by atoms with van der Waals surface area (Å²) in [5.74, 6) is -2.16. The molecule has 0 radical (unpaired) electrons. The zero-order valence-electron chi connectivity index (χ0n) is 14.3. The first-order valence-corrected chi connectivity index (χ1v) is 9.48. The third-order valence-electron chi connectivity index (χ3n) is 3.62. The number of carbonyl (C=O) groups is 2. The van der Waals surface area contributed by atoms with Gasteiger partial charge in [-0.05, 0) is 11.1 Å². The summed E-state index contributed by atoms with van der Waals surface area (Å²) < 4.78 is 30.4. The van der Waals surface area contributed by atoms with Crippen molar-refractivity contribution in [2.75, 3.05) is 0 Å². The standard InChI is InChI=1S/C18H20N2O6S/c19-17(22)16(12-14-9-5-2-6-10-14)26-27(24,25)20-18(23)15(21)11-13-7-3-1-4-8-13/h1-10,15-16,21H,11-12H2,(H2,19,22)(H,20,23)/t15-,16-/m0/s1. The number of aliphatic hydroxyl groups excluding tert-OH is 1. The van der Waals surface area contributed by atoms with Crippen LogP contribution in [0.5, 0.6) is 0 Å². The normalized spacial score (nSPS) is 13.5. The van der Waals surface area contributed by atoms with E-state index in [-0.39, 0.29) is 12.8 Å². The van der Waals surface area contributed by atoms with E-state index in [2.05, 4.69) is 0 Å². The van der Waals surface area contributed by atoms with Gasteiger partial charge in [-0.25, -0.2) is 8.91 Å². The van der Waals surface area contributed by atoms with Crippen LogP contribution in [0.15, 0.2) is 60.7 Å². The molecule has 0 spiro atoms. The van der Waals surface area contributed by atoms with E-state index in [1.54, 1.807) is 65.4 Å². The summed E-state index contributed by atoms with van der Waals surface area (Å²) in [7, 11) is -4.64. The van der Waals surface area contributed by atoms with Gasteiger partial charge < -0.3 is 10.8 Å². The lowest BCUT2D eigenvalue weighted by Crippen LogP contribution is -2.44. The van der Waals surface area contributed by atoms with Gasteiger partial charge in [-0.1, -0.05) is 60.7 Å². The molecule has 0 bridgehead atoms. The van der Waals surface area contributed by atoms with Gasteiger partial charge in [0.2, 0.25) is 5.91 Å². The third-order valence-corrected chi connectivity index (χ3v) is 4.56. The highest BCUT2D eigenvalue weighted by Gasteiger charge is 2.28. The Morgan fingerprint density at radius 1 is 0.963 bits per heavy atom. The summed E-state index contributed by atoms with van der Waals surface area (Å²) >= 11 is 0. The minimum Gasteiger partial charge on any atom is -0.383 e. The fraction of sp³-hybridized carbons (Fsp3) is 0.222. The van der Waals surface area contributed by atoms with Crippen molar-refractivity contribution >= 4 is 22.1 Å². The fourth-order valence-electron chi connectivity index (χ4n) is 2.31. The zero-order chi connectivity index (χ0) is 19.9. The molecule has 0 heterocycles. The maximum Gasteiger partial charge on any atom is 0.363 e. The Bertz CT molecular complexity index is 871. The molecule has 4 N–H and O–H groups in total. The van der Waals surface area contributed by atoms with Crippen molar-refractivity contribution in [2.24, 2.45) is 5.73 Å². The van der Waals surface area contributed by atoms with Crippen LogP contribution in [0.4, 0.5) is 0 Å². The van der Waals surface area contributed by atoms with E-state index in [9.17, 15) is 23.1 Å². The second-order valence-corrected chi connectivity index (χ2v) is 7.11. The van der Waals surface area contributed by atoms with Crippen LogP contribution in [0, 0.1) is 0 Å². The van der Waals surface area contributed by atoms with E-state index in [1.807, 2.05) is 0 Å². The van der Waals surface area contributed by atoms with E-state index in [0.29, 0.717) is 11.1 Å². The molecule has 0 unspecified atom stereocenters. The molecule has 0 fully saturated rings. The third kappa shape index (κ3) is 6.81. The van der Waals surface area contributed by atoms with Crippen molar-refractivity contribution in [3.8, 4) is 0 Å². The van der Waals surface area contributed by atoms with Gasteiger partial charge in [-0.3, -0.25) is 9.59 Å². The minimum absolute atomic E-state index is 0.0779. The summed E-state index contributed by atoms with van der Waals surface area (Å²) in [6.07, 6.45) is -3.26. The zero-order valence-corrected chi connectivity index (χ0v) is 15.1. The Kier molecular flexibility index (Phi) is 7.05. The highest BCUT2D eigenvalue weighted by molar-refractivity contribution is 7.85. The van der Waals surface area contributed by atoms with Gasteiger partial charge in [-0.15, -0.1) is 0 Å². The van der Waals surface area contributed by atoms with Crippen molar-refractivity contribution < 1.29 is 27.3 Å². The van der Waals surface area contributed by atoms with Crippen LogP contribution in [0.3, 0.4) is 0 Å². The van der Waals surface area contributed by atoms with Crippen LogP contribution in [0.25, 0.3) is 0 Å². The second kappa shape index (κ2) is 9.26. The predicted octanol–water partition coefficient (Wildman–Crippen LogP) is 0.0642. The molecule has 2 aromatic carbocycles. The number of primary amides is 1. The second-order valence-electron chi connectivity index (χ2n) is 5.80. The highest BCUT2D eigenvalue weighted by atomic mass is 32.2. The smallest absolute Gasteiger partial charge is 0.363 e. The topological polar surface area (TPSA) is 136 Å². The number of benzene rings is 2. The number of nitrogens with two attached hydrogens (primary N) is 1.